The van der Waals surface area contributed by atoms with Crippen molar-refractivity contribution in [3.8, 4) is 0 Å². The van der Waals surface area contributed by atoms with Gasteiger partial charge in [-0.25, -0.2) is 0 Å². The van der Waals surface area contributed by atoms with Crippen LogP contribution < -0.4 is 5.32 Å². The third-order valence-corrected chi connectivity index (χ3v) is 3.89. The highest BCUT2D eigenvalue weighted by Crippen LogP contribution is 2.35. The van der Waals surface area contributed by atoms with Gasteiger partial charge in [0.05, 0.1) is 6.54 Å². The zero-order valence-corrected chi connectivity index (χ0v) is 11.1. The Morgan fingerprint density at radius 2 is 2.22 bits per heavy atom. The summed E-state index contributed by atoms with van der Waals surface area (Å²) in [6.45, 7) is 2.73. The van der Waals surface area contributed by atoms with Gasteiger partial charge in [-0.3, -0.25) is 0 Å². The van der Waals surface area contributed by atoms with E-state index < -0.39 is 0 Å². The van der Waals surface area contributed by atoms with Crippen molar-refractivity contribution in [2.45, 2.75) is 32.4 Å². The second kappa shape index (κ2) is 4.79. The van der Waals surface area contributed by atoms with Gasteiger partial charge >= 0.3 is 0 Å². The van der Waals surface area contributed by atoms with Gasteiger partial charge in [-0.15, -0.1) is 0 Å². The molecule has 0 saturated carbocycles. The van der Waals surface area contributed by atoms with Crippen LogP contribution in [0.25, 0.3) is 0 Å². The summed E-state index contributed by atoms with van der Waals surface area (Å²) in [6, 6.07) is 10.6. The molecule has 1 heterocycles. The van der Waals surface area contributed by atoms with E-state index in [1.165, 1.54) is 11.1 Å². The third-order valence-electron chi connectivity index (χ3n) is 3.53. The molecule has 1 unspecified atom stereocenters. The maximum atomic E-state index is 6.21. The molecule has 94 valence electrons. The molecule has 0 amide bonds. The summed E-state index contributed by atoms with van der Waals surface area (Å²) in [5.74, 6) is 1.95. The quantitative estimate of drug-likeness (QED) is 0.903. The Morgan fingerprint density at radius 1 is 1.33 bits per heavy atom. The molecule has 0 bridgehead atoms. The molecule has 18 heavy (non-hydrogen) atoms. The molecule has 3 heteroatoms. The first kappa shape index (κ1) is 11.8. The van der Waals surface area contributed by atoms with Crippen molar-refractivity contribution in [3.05, 3.63) is 58.0 Å². The van der Waals surface area contributed by atoms with Crippen LogP contribution in [-0.4, -0.2) is 0 Å². The van der Waals surface area contributed by atoms with E-state index in [4.69, 9.17) is 16.0 Å². The Hall–Kier alpha value is -1.25. The Morgan fingerprint density at radius 3 is 3.00 bits per heavy atom. The van der Waals surface area contributed by atoms with Gasteiger partial charge in [-0.2, -0.15) is 0 Å². The summed E-state index contributed by atoms with van der Waals surface area (Å²) in [7, 11) is 0. The van der Waals surface area contributed by atoms with Crippen LogP contribution in [0.15, 0.2) is 34.7 Å². The van der Waals surface area contributed by atoms with Crippen LogP contribution in [-0.2, 0) is 13.0 Å². The number of fused-ring (bicyclic) bond motifs is 1. The van der Waals surface area contributed by atoms with Gasteiger partial charge in [-0.1, -0.05) is 23.7 Å². The Kier molecular flexibility index (Phi) is 3.14. The molecule has 2 nitrogen and oxygen atoms in total. The van der Waals surface area contributed by atoms with Gasteiger partial charge in [0.2, 0.25) is 0 Å². The summed E-state index contributed by atoms with van der Waals surface area (Å²) in [5.41, 5.74) is 2.64. The van der Waals surface area contributed by atoms with E-state index in [2.05, 4.69) is 11.4 Å². The second-order valence-corrected chi connectivity index (χ2v) is 5.20. The monoisotopic (exact) mass is 261 g/mol. The van der Waals surface area contributed by atoms with Gasteiger partial charge in [0, 0.05) is 11.1 Å². The average molecular weight is 262 g/mol. The van der Waals surface area contributed by atoms with E-state index in [-0.39, 0.29) is 0 Å². The van der Waals surface area contributed by atoms with Crippen molar-refractivity contribution in [2.75, 3.05) is 0 Å². The van der Waals surface area contributed by atoms with Gasteiger partial charge < -0.3 is 9.73 Å². The fourth-order valence-corrected chi connectivity index (χ4v) is 2.90. The van der Waals surface area contributed by atoms with E-state index in [0.717, 1.165) is 35.9 Å². The SMILES string of the molecule is Cc1ccc(CNC2CCc3c(Cl)cccc32)o1. The zero-order valence-electron chi connectivity index (χ0n) is 10.4. The Balaban J connectivity index is 1.71. The van der Waals surface area contributed by atoms with Gasteiger partial charge in [-0.05, 0) is 49.1 Å². The standard InChI is InChI=1S/C15H16ClNO/c1-10-5-6-11(18-10)9-17-15-8-7-12-13(15)3-2-4-14(12)16/h2-6,15,17H,7-9H2,1H3. The minimum absolute atomic E-state index is 0.393. The minimum Gasteiger partial charge on any atom is -0.465 e. The lowest BCUT2D eigenvalue weighted by Crippen LogP contribution is -2.18. The number of furan rings is 1. The number of nitrogens with one attached hydrogen (secondary N) is 1. The number of aryl methyl sites for hydroxylation is 1. The lowest BCUT2D eigenvalue weighted by Gasteiger charge is -2.13. The van der Waals surface area contributed by atoms with Gasteiger partial charge in [0.15, 0.2) is 0 Å². The molecular formula is C15H16ClNO. The average Bonchev–Trinajstić information content (AvgIpc) is 2.94. The summed E-state index contributed by atoms with van der Waals surface area (Å²) in [6.07, 6.45) is 2.17. The van der Waals surface area contributed by atoms with Crippen molar-refractivity contribution >= 4 is 11.6 Å². The van der Waals surface area contributed by atoms with Crippen molar-refractivity contribution < 1.29 is 4.42 Å². The molecule has 0 saturated heterocycles. The number of hydrogen-bond donors (Lipinski definition) is 1. The molecule has 0 aliphatic heterocycles. The summed E-state index contributed by atoms with van der Waals surface area (Å²) in [5, 5.41) is 4.44. The lowest BCUT2D eigenvalue weighted by molar-refractivity contribution is 0.434. The van der Waals surface area contributed by atoms with Crippen LogP contribution in [0.5, 0.6) is 0 Å². The highest BCUT2D eigenvalue weighted by molar-refractivity contribution is 6.31. The number of hydrogen-bond acceptors (Lipinski definition) is 2. The molecule has 1 aliphatic rings. The lowest BCUT2D eigenvalue weighted by atomic mass is 10.1. The van der Waals surface area contributed by atoms with E-state index in [1.54, 1.807) is 0 Å². The molecule has 0 spiro atoms. The number of rotatable bonds is 3. The fourth-order valence-electron chi connectivity index (χ4n) is 2.63. The molecular weight excluding hydrogens is 246 g/mol. The summed E-state index contributed by atoms with van der Waals surface area (Å²) < 4.78 is 5.57. The predicted octanol–water partition coefficient (Wildman–Crippen LogP) is 4.02. The molecule has 1 aromatic carbocycles. The van der Waals surface area contributed by atoms with Crippen LogP contribution in [0.3, 0.4) is 0 Å². The van der Waals surface area contributed by atoms with Crippen LogP contribution in [0, 0.1) is 6.92 Å². The van der Waals surface area contributed by atoms with Crippen LogP contribution in [0.4, 0.5) is 0 Å². The first-order valence-electron chi connectivity index (χ1n) is 6.30. The molecule has 1 aliphatic carbocycles. The number of benzene rings is 1. The topological polar surface area (TPSA) is 25.2 Å². The van der Waals surface area contributed by atoms with Crippen LogP contribution >= 0.6 is 11.6 Å². The van der Waals surface area contributed by atoms with Crippen molar-refractivity contribution in [2.24, 2.45) is 0 Å². The first-order valence-corrected chi connectivity index (χ1v) is 6.68. The highest BCUT2D eigenvalue weighted by Gasteiger charge is 2.23. The smallest absolute Gasteiger partial charge is 0.117 e. The molecule has 0 radical (unpaired) electrons. The predicted molar refractivity (Wildman–Crippen MR) is 72.8 cm³/mol. The van der Waals surface area contributed by atoms with Crippen LogP contribution in [0.1, 0.15) is 35.1 Å². The fraction of sp³-hybridized carbons (Fsp3) is 0.333. The zero-order chi connectivity index (χ0) is 12.5. The van der Waals surface area contributed by atoms with Crippen molar-refractivity contribution in [1.82, 2.24) is 5.32 Å². The van der Waals surface area contributed by atoms with Crippen LogP contribution in [0.2, 0.25) is 5.02 Å². The number of halogens is 1. The van der Waals surface area contributed by atoms with E-state index in [0.29, 0.717) is 6.04 Å². The molecule has 1 aromatic heterocycles. The minimum atomic E-state index is 0.393. The van der Waals surface area contributed by atoms with Crippen molar-refractivity contribution in [3.63, 3.8) is 0 Å². The molecule has 2 aromatic rings. The Bertz CT molecular complexity index is 561. The summed E-state index contributed by atoms with van der Waals surface area (Å²) in [4.78, 5) is 0. The molecule has 1 atom stereocenters. The summed E-state index contributed by atoms with van der Waals surface area (Å²) >= 11 is 6.21. The largest absolute Gasteiger partial charge is 0.465 e. The normalized spacial score (nSPS) is 18.0. The first-order chi connectivity index (χ1) is 8.74. The van der Waals surface area contributed by atoms with E-state index in [9.17, 15) is 0 Å². The van der Waals surface area contributed by atoms with E-state index >= 15 is 0 Å². The van der Waals surface area contributed by atoms with Gasteiger partial charge in [0.1, 0.15) is 11.5 Å². The maximum Gasteiger partial charge on any atom is 0.117 e. The van der Waals surface area contributed by atoms with Crippen molar-refractivity contribution in [1.29, 1.82) is 0 Å². The Labute approximate surface area is 112 Å². The van der Waals surface area contributed by atoms with Gasteiger partial charge in [0.25, 0.3) is 0 Å². The highest BCUT2D eigenvalue weighted by atomic mass is 35.5. The molecule has 0 fully saturated rings. The van der Waals surface area contributed by atoms with E-state index in [1.807, 2.05) is 31.2 Å². The molecule has 1 N–H and O–H groups in total. The third kappa shape index (κ3) is 2.18. The second-order valence-electron chi connectivity index (χ2n) is 4.79. The maximum absolute atomic E-state index is 6.21. The molecule has 3 rings (SSSR count).